The molecule has 20 heavy (non-hydrogen) atoms. The summed E-state index contributed by atoms with van der Waals surface area (Å²) in [5.74, 6) is 0.773. The number of rotatable bonds is 4. The molecule has 2 aromatic heterocycles. The van der Waals surface area contributed by atoms with Crippen molar-refractivity contribution in [1.82, 2.24) is 20.1 Å². The van der Waals surface area contributed by atoms with Gasteiger partial charge in [0.05, 0.1) is 5.52 Å². The lowest BCUT2D eigenvalue weighted by Gasteiger charge is -2.00. The summed E-state index contributed by atoms with van der Waals surface area (Å²) < 4.78 is 7.48. The molecule has 0 unspecified atom stereocenters. The van der Waals surface area contributed by atoms with E-state index in [0.29, 0.717) is 6.04 Å². The molecule has 1 aliphatic rings. The fraction of sp³-hybridized carbons (Fsp3) is 0.333. The topological polar surface area (TPSA) is 55.9 Å². The smallest absolute Gasteiger partial charge is 0.181 e. The summed E-state index contributed by atoms with van der Waals surface area (Å²) >= 11 is 0. The van der Waals surface area contributed by atoms with Crippen LogP contribution >= 0.6 is 0 Å². The largest absolute Gasteiger partial charge is 0.441 e. The van der Waals surface area contributed by atoms with E-state index in [1.807, 2.05) is 23.9 Å². The van der Waals surface area contributed by atoms with Crippen molar-refractivity contribution in [1.29, 1.82) is 0 Å². The van der Waals surface area contributed by atoms with Gasteiger partial charge in [0.25, 0.3) is 0 Å². The van der Waals surface area contributed by atoms with Gasteiger partial charge in [0.1, 0.15) is 11.4 Å². The van der Waals surface area contributed by atoms with Crippen LogP contribution in [0.2, 0.25) is 0 Å². The van der Waals surface area contributed by atoms with Gasteiger partial charge in [0.15, 0.2) is 12.2 Å². The second-order valence-electron chi connectivity index (χ2n) is 5.27. The standard InChI is InChI=1S/C15H16N4O/c1-19-13-5-3-2-4-11(13)14(18-19)15-12(17-9-20-15)8-16-10-6-7-10/h2-5,9-10,16H,6-8H2,1H3. The molecule has 3 aromatic rings. The Morgan fingerprint density at radius 2 is 2.20 bits per heavy atom. The highest BCUT2D eigenvalue weighted by Gasteiger charge is 2.23. The van der Waals surface area contributed by atoms with E-state index in [1.165, 1.54) is 19.2 Å². The molecule has 4 rings (SSSR count). The zero-order chi connectivity index (χ0) is 13.5. The third-order valence-electron chi connectivity index (χ3n) is 3.75. The first-order chi connectivity index (χ1) is 9.83. The number of nitrogens with one attached hydrogen (secondary N) is 1. The first-order valence-electron chi connectivity index (χ1n) is 6.91. The first kappa shape index (κ1) is 11.7. The normalized spacial score (nSPS) is 15.1. The second-order valence-corrected chi connectivity index (χ2v) is 5.27. The van der Waals surface area contributed by atoms with E-state index in [9.17, 15) is 0 Å². The van der Waals surface area contributed by atoms with Gasteiger partial charge >= 0.3 is 0 Å². The molecule has 1 aliphatic carbocycles. The van der Waals surface area contributed by atoms with Gasteiger partial charge in [-0.05, 0) is 18.9 Å². The highest BCUT2D eigenvalue weighted by Crippen LogP contribution is 2.30. The first-order valence-corrected chi connectivity index (χ1v) is 6.91. The minimum atomic E-state index is 0.653. The van der Waals surface area contributed by atoms with Crippen LogP contribution in [0.4, 0.5) is 0 Å². The van der Waals surface area contributed by atoms with E-state index in [2.05, 4.69) is 27.5 Å². The van der Waals surface area contributed by atoms with Crippen molar-refractivity contribution in [2.24, 2.45) is 7.05 Å². The number of benzene rings is 1. The monoisotopic (exact) mass is 268 g/mol. The molecule has 0 bridgehead atoms. The van der Waals surface area contributed by atoms with E-state index < -0.39 is 0 Å². The molecular weight excluding hydrogens is 252 g/mol. The van der Waals surface area contributed by atoms with Crippen LogP contribution in [-0.4, -0.2) is 20.8 Å². The van der Waals surface area contributed by atoms with Gasteiger partial charge in [-0.2, -0.15) is 5.10 Å². The van der Waals surface area contributed by atoms with Crippen molar-refractivity contribution in [3.8, 4) is 11.5 Å². The Balaban J connectivity index is 1.76. The molecule has 5 nitrogen and oxygen atoms in total. The molecule has 1 fully saturated rings. The number of aryl methyl sites for hydroxylation is 1. The fourth-order valence-corrected chi connectivity index (χ4v) is 2.50. The van der Waals surface area contributed by atoms with Crippen molar-refractivity contribution in [3.63, 3.8) is 0 Å². The van der Waals surface area contributed by atoms with Crippen LogP contribution in [-0.2, 0) is 13.6 Å². The minimum Gasteiger partial charge on any atom is -0.441 e. The third-order valence-corrected chi connectivity index (χ3v) is 3.75. The molecule has 0 spiro atoms. The molecule has 0 aliphatic heterocycles. The molecule has 1 saturated carbocycles. The van der Waals surface area contributed by atoms with E-state index in [4.69, 9.17) is 4.42 Å². The number of oxazole rings is 1. The molecule has 0 saturated heterocycles. The predicted molar refractivity (Wildman–Crippen MR) is 76.1 cm³/mol. The van der Waals surface area contributed by atoms with Gasteiger partial charge in [-0.1, -0.05) is 18.2 Å². The highest BCUT2D eigenvalue weighted by molar-refractivity contribution is 5.92. The average molecular weight is 268 g/mol. The molecule has 0 radical (unpaired) electrons. The van der Waals surface area contributed by atoms with Crippen molar-refractivity contribution < 1.29 is 4.42 Å². The van der Waals surface area contributed by atoms with Crippen LogP contribution in [0.15, 0.2) is 35.1 Å². The van der Waals surface area contributed by atoms with Gasteiger partial charge in [-0.25, -0.2) is 4.98 Å². The maximum Gasteiger partial charge on any atom is 0.181 e. The number of hydrogen-bond donors (Lipinski definition) is 1. The van der Waals surface area contributed by atoms with E-state index in [-0.39, 0.29) is 0 Å². The summed E-state index contributed by atoms with van der Waals surface area (Å²) in [6.45, 7) is 0.738. The predicted octanol–water partition coefficient (Wildman–Crippen LogP) is 2.48. The Morgan fingerprint density at radius 1 is 1.35 bits per heavy atom. The Morgan fingerprint density at radius 3 is 3.05 bits per heavy atom. The Bertz CT molecular complexity index is 754. The van der Waals surface area contributed by atoms with Crippen LogP contribution in [0.25, 0.3) is 22.4 Å². The minimum absolute atomic E-state index is 0.653. The number of aromatic nitrogens is 3. The molecule has 0 amide bonds. The fourth-order valence-electron chi connectivity index (χ4n) is 2.50. The third kappa shape index (κ3) is 1.91. The van der Waals surface area contributed by atoms with Gasteiger partial charge in [0, 0.05) is 25.0 Å². The van der Waals surface area contributed by atoms with Gasteiger partial charge < -0.3 is 9.73 Å². The lowest BCUT2D eigenvalue weighted by molar-refractivity contribution is 0.566. The van der Waals surface area contributed by atoms with E-state index in [1.54, 1.807) is 0 Å². The quantitative estimate of drug-likeness (QED) is 0.789. The Kier molecular flexibility index (Phi) is 2.60. The highest BCUT2D eigenvalue weighted by atomic mass is 16.3. The number of fused-ring (bicyclic) bond motifs is 1. The van der Waals surface area contributed by atoms with Crippen LogP contribution in [0.5, 0.6) is 0 Å². The maximum atomic E-state index is 5.60. The van der Waals surface area contributed by atoms with Crippen molar-refractivity contribution in [2.75, 3.05) is 0 Å². The van der Waals surface area contributed by atoms with E-state index in [0.717, 1.165) is 34.6 Å². The zero-order valence-corrected chi connectivity index (χ0v) is 11.3. The number of nitrogens with zero attached hydrogens (tertiary/aromatic N) is 3. The Labute approximate surface area is 116 Å². The Hall–Kier alpha value is -2.14. The summed E-state index contributed by atoms with van der Waals surface area (Å²) in [5, 5.41) is 9.15. The van der Waals surface area contributed by atoms with Gasteiger partial charge in [-0.15, -0.1) is 0 Å². The summed E-state index contributed by atoms with van der Waals surface area (Å²) in [6, 6.07) is 8.82. The van der Waals surface area contributed by atoms with Crippen molar-refractivity contribution in [3.05, 3.63) is 36.4 Å². The maximum absolute atomic E-state index is 5.60. The van der Waals surface area contributed by atoms with Crippen LogP contribution < -0.4 is 5.32 Å². The van der Waals surface area contributed by atoms with E-state index >= 15 is 0 Å². The number of hydrogen-bond acceptors (Lipinski definition) is 4. The average Bonchev–Trinajstić information content (AvgIpc) is 3.09. The lowest BCUT2D eigenvalue weighted by atomic mass is 10.1. The summed E-state index contributed by atoms with van der Waals surface area (Å²) in [6.07, 6.45) is 4.03. The van der Waals surface area contributed by atoms with Gasteiger partial charge in [0.2, 0.25) is 0 Å². The molecular formula is C15H16N4O. The van der Waals surface area contributed by atoms with Crippen LogP contribution in [0.3, 0.4) is 0 Å². The molecule has 5 heteroatoms. The molecule has 1 N–H and O–H groups in total. The van der Waals surface area contributed by atoms with Gasteiger partial charge in [-0.3, -0.25) is 4.68 Å². The molecule has 102 valence electrons. The summed E-state index contributed by atoms with van der Waals surface area (Å²) in [5.41, 5.74) is 2.90. The SMILES string of the molecule is Cn1nc(-c2ocnc2CNC2CC2)c2ccccc21. The zero-order valence-electron chi connectivity index (χ0n) is 11.3. The van der Waals surface area contributed by atoms with Crippen LogP contribution in [0, 0.1) is 0 Å². The van der Waals surface area contributed by atoms with Crippen molar-refractivity contribution >= 4 is 10.9 Å². The lowest BCUT2D eigenvalue weighted by Crippen LogP contribution is -2.16. The summed E-state index contributed by atoms with van der Waals surface area (Å²) in [4.78, 5) is 4.33. The number of para-hydroxylation sites is 1. The van der Waals surface area contributed by atoms with Crippen LogP contribution in [0.1, 0.15) is 18.5 Å². The second kappa shape index (κ2) is 4.45. The van der Waals surface area contributed by atoms with Crippen molar-refractivity contribution in [2.45, 2.75) is 25.4 Å². The molecule has 1 aromatic carbocycles. The molecule has 2 heterocycles. The molecule has 0 atom stereocenters. The summed E-state index contributed by atoms with van der Waals surface area (Å²) in [7, 11) is 1.95.